The van der Waals surface area contributed by atoms with Crippen molar-refractivity contribution in [1.29, 1.82) is 0 Å². The van der Waals surface area contributed by atoms with Crippen LogP contribution in [0.2, 0.25) is 0 Å². The molecule has 2 N–H and O–H groups in total. The van der Waals surface area contributed by atoms with Gasteiger partial charge in [-0.05, 0) is 30.3 Å². The molecule has 5 nitrogen and oxygen atoms in total. The normalized spacial score (nSPS) is 10.5. The van der Waals surface area contributed by atoms with Crippen LogP contribution in [0.1, 0.15) is 10.6 Å². The van der Waals surface area contributed by atoms with Gasteiger partial charge in [0.25, 0.3) is 5.91 Å². The van der Waals surface area contributed by atoms with E-state index in [-0.39, 0.29) is 27.9 Å². The minimum absolute atomic E-state index is 0.0312. The Balaban J connectivity index is 1.99. The third kappa shape index (κ3) is 2.62. The van der Waals surface area contributed by atoms with Crippen molar-refractivity contribution in [2.75, 3.05) is 5.32 Å². The summed E-state index contributed by atoms with van der Waals surface area (Å²) in [5.74, 6) is -0.619. The van der Waals surface area contributed by atoms with E-state index < -0.39 is 5.91 Å². The average Bonchev–Trinajstić information content (AvgIpc) is 2.49. The highest BCUT2D eigenvalue weighted by Crippen LogP contribution is 2.18. The molecular formula is C16H11NO4. The Kier molecular flexibility index (Phi) is 3.16. The minimum Gasteiger partial charge on any atom is -0.508 e. The van der Waals surface area contributed by atoms with Gasteiger partial charge in [0.15, 0.2) is 11.2 Å². The number of benzene rings is 2. The Labute approximate surface area is 119 Å². The lowest BCUT2D eigenvalue weighted by Gasteiger charge is -2.05. The predicted octanol–water partition coefficient (Wildman–Crippen LogP) is 2.75. The van der Waals surface area contributed by atoms with E-state index in [4.69, 9.17) is 4.42 Å². The molecule has 21 heavy (non-hydrogen) atoms. The number of phenols is 1. The fourth-order valence-electron chi connectivity index (χ4n) is 1.97. The highest BCUT2D eigenvalue weighted by molar-refractivity contribution is 6.02. The molecule has 5 heteroatoms. The standard InChI is InChI=1S/C16H11NO4/c18-11-6-7-14-12(8-11)13(19)9-15(21-14)16(20)17-10-4-2-1-3-5-10/h1-9,18H,(H,17,20). The molecule has 104 valence electrons. The van der Waals surface area contributed by atoms with Crippen molar-refractivity contribution in [3.8, 4) is 5.75 Å². The topological polar surface area (TPSA) is 79.5 Å². The number of anilines is 1. The number of fused-ring (bicyclic) bond motifs is 1. The number of amides is 1. The number of carbonyl (C=O) groups excluding carboxylic acids is 1. The molecule has 0 spiro atoms. The van der Waals surface area contributed by atoms with Crippen LogP contribution in [0.3, 0.4) is 0 Å². The molecule has 0 aliphatic heterocycles. The number of aromatic hydroxyl groups is 1. The summed E-state index contributed by atoms with van der Waals surface area (Å²) < 4.78 is 5.41. The van der Waals surface area contributed by atoms with E-state index in [1.807, 2.05) is 6.07 Å². The molecule has 0 atom stereocenters. The molecule has 0 radical (unpaired) electrons. The summed E-state index contributed by atoms with van der Waals surface area (Å²) in [7, 11) is 0. The van der Waals surface area contributed by atoms with Crippen molar-refractivity contribution >= 4 is 22.6 Å². The van der Waals surface area contributed by atoms with Gasteiger partial charge in [0.2, 0.25) is 0 Å². The van der Waals surface area contributed by atoms with Crippen LogP contribution in [0.25, 0.3) is 11.0 Å². The van der Waals surface area contributed by atoms with E-state index >= 15 is 0 Å². The summed E-state index contributed by atoms with van der Waals surface area (Å²) in [4.78, 5) is 24.0. The number of nitrogens with one attached hydrogen (secondary N) is 1. The van der Waals surface area contributed by atoms with Crippen LogP contribution in [0.4, 0.5) is 5.69 Å². The fourth-order valence-corrected chi connectivity index (χ4v) is 1.97. The van der Waals surface area contributed by atoms with Crippen molar-refractivity contribution in [2.24, 2.45) is 0 Å². The first-order chi connectivity index (χ1) is 10.1. The van der Waals surface area contributed by atoms with E-state index in [0.717, 1.165) is 6.07 Å². The molecule has 1 aromatic heterocycles. The quantitative estimate of drug-likeness (QED) is 0.757. The number of hydrogen-bond acceptors (Lipinski definition) is 4. The van der Waals surface area contributed by atoms with Crippen molar-refractivity contribution in [1.82, 2.24) is 0 Å². The number of hydrogen-bond donors (Lipinski definition) is 2. The van der Waals surface area contributed by atoms with Crippen molar-refractivity contribution < 1.29 is 14.3 Å². The molecule has 2 aromatic carbocycles. The summed E-state index contributed by atoms with van der Waals surface area (Å²) in [6.07, 6.45) is 0. The molecule has 0 saturated carbocycles. The maximum Gasteiger partial charge on any atom is 0.291 e. The number of carbonyl (C=O) groups is 1. The Morgan fingerprint density at radius 2 is 1.81 bits per heavy atom. The van der Waals surface area contributed by atoms with Crippen LogP contribution < -0.4 is 10.7 Å². The van der Waals surface area contributed by atoms with Crippen LogP contribution in [-0.4, -0.2) is 11.0 Å². The molecule has 3 rings (SSSR count). The van der Waals surface area contributed by atoms with Gasteiger partial charge in [-0.25, -0.2) is 0 Å². The molecule has 0 saturated heterocycles. The summed E-state index contributed by atoms with van der Waals surface area (Å²) in [5, 5.41) is 12.2. The van der Waals surface area contributed by atoms with Crippen molar-refractivity contribution in [2.45, 2.75) is 0 Å². The number of phenolic OH excluding ortho intramolecular Hbond substituents is 1. The molecule has 3 aromatic rings. The second-order valence-corrected chi connectivity index (χ2v) is 4.48. The fraction of sp³-hybridized carbons (Fsp3) is 0. The maximum atomic E-state index is 12.1. The van der Waals surface area contributed by atoms with Crippen LogP contribution in [0.5, 0.6) is 5.75 Å². The minimum atomic E-state index is -0.506. The van der Waals surface area contributed by atoms with E-state index in [1.54, 1.807) is 24.3 Å². The Hall–Kier alpha value is -3.08. The van der Waals surface area contributed by atoms with Gasteiger partial charge in [0, 0.05) is 11.8 Å². The lowest BCUT2D eigenvalue weighted by molar-refractivity contribution is 0.0997. The smallest absolute Gasteiger partial charge is 0.291 e. The van der Waals surface area contributed by atoms with Gasteiger partial charge in [-0.2, -0.15) is 0 Å². The molecular weight excluding hydrogens is 270 g/mol. The van der Waals surface area contributed by atoms with Crippen LogP contribution >= 0.6 is 0 Å². The first-order valence-corrected chi connectivity index (χ1v) is 6.27. The van der Waals surface area contributed by atoms with E-state index in [0.29, 0.717) is 5.69 Å². The molecule has 0 fully saturated rings. The summed E-state index contributed by atoms with van der Waals surface area (Å²) in [6.45, 7) is 0. The lowest BCUT2D eigenvalue weighted by atomic mass is 10.2. The zero-order chi connectivity index (χ0) is 14.8. The Morgan fingerprint density at radius 1 is 1.05 bits per heavy atom. The second-order valence-electron chi connectivity index (χ2n) is 4.48. The van der Waals surface area contributed by atoms with Crippen LogP contribution in [-0.2, 0) is 0 Å². The van der Waals surface area contributed by atoms with E-state index in [2.05, 4.69) is 5.32 Å². The summed E-state index contributed by atoms with van der Waals surface area (Å²) in [5.41, 5.74) is 0.472. The molecule has 0 bridgehead atoms. The SMILES string of the molecule is O=C(Nc1ccccc1)c1cc(=O)c2cc(O)ccc2o1. The van der Waals surface area contributed by atoms with Gasteiger partial charge in [-0.3, -0.25) is 9.59 Å². The Morgan fingerprint density at radius 3 is 2.57 bits per heavy atom. The van der Waals surface area contributed by atoms with Gasteiger partial charge in [-0.1, -0.05) is 18.2 Å². The first-order valence-electron chi connectivity index (χ1n) is 6.27. The predicted molar refractivity (Wildman–Crippen MR) is 78.5 cm³/mol. The molecule has 1 amide bonds. The molecule has 0 aliphatic rings. The zero-order valence-corrected chi connectivity index (χ0v) is 10.9. The van der Waals surface area contributed by atoms with Crippen molar-refractivity contribution in [3.05, 3.63) is 70.6 Å². The largest absolute Gasteiger partial charge is 0.508 e. The Bertz CT molecular complexity index is 868. The molecule has 0 aliphatic carbocycles. The van der Waals surface area contributed by atoms with Gasteiger partial charge in [0.05, 0.1) is 5.39 Å². The molecule has 0 unspecified atom stereocenters. The third-order valence-electron chi connectivity index (χ3n) is 2.97. The number of rotatable bonds is 2. The van der Waals surface area contributed by atoms with Crippen LogP contribution in [0, 0.1) is 0 Å². The third-order valence-corrected chi connectivity index (χ3v) is 2.97. The zero-order valence-electron chi connectivity index (χ0n) is 10.9. The van der Waals surface area contributed by atoms with Gasteiger partial charge >= 0.3 is 0 Å². The average molecular weight is 281 g/mol. The summed E-state index contributed by atoms with van der Waals surface area (Å²) in [6, 6.07) is 14.1. The lowest BCUT2D eigenvalue weighted by Crippen LogP contribution is -2.14. The first kappa shape index (κ1) is 12.9. The number of para-hydroxylation sites is 1. The second kappa shape index (κ2) is 5.13. The van der Waals surface area contributed by atoms with Crippen molar-refractivity contribution in [3.63, 3.8) is 0 Å². The monoisotopic (exact) mass is 281 g/mol. The van der Waals surface area contributed by atoms with Gasteiger partial charge in [-0.15, -0.1) is 0 Å². The molecule has 1 heterocycles. The van der Waals surface area contributed by atoms with Gasteiger partial charge in [0.1, 0.15) is 11.3 Å². The highest BCUT2D eigenvalue weighted by Gasteiger charge is 2.12. The maximum absolute atomic E-state index is 12.1. The van der Waals surface area contributed by atoms with E-state index in [9.17, 15) is 14.7 Å². The van der Waals surface area contributed by atoms with Gasteiger partial charge < -0.3 is 14.8 Å². The summed E-state index contributed by atoms with van der Waals surface area (Å²) >= 11 is 0. The van der Waals surface area contributed by atoms with Crippen LogP contribution in [0.15, 0.2) is 63.8 Å². The van der Waals surface area contributed by atoms with E-state index in [1.165, 1.54) is 18.2 Å². The highest BCUT2D eigenvalue weighted by atomic mass is 16.3.